The van der Waals surface area contributed by atoms with Crippen LogP contribution in [0.2, 0.25) is 0 Å². The summed E-state index contributed by atoms with van der Waals surface area (Å²) in [6.07, 6.45) is 1.13. The first-order chi connectivity index (χ1) is 12.7. The van der Waals surface area contributed by atoms with E-state index in [1.54, 1.807) is 14.2 Å². The maximum absolute atomic E-state index is 5.87. The Balaban J connectivity index is 1.58. The molecule has 1 fully saturated rings. The largest absolute Gasteiger partial charge is 0.497 e. The quantitative estimate of drug-likeness (QED) is 0.715. The highest BCUT2D eigenvalue weighted by molar-refractivity contribution is 5.53. The molecule has 1 aromatic carbocycles. The first-order valence-electron chi connectivity index (χ1n) is 9.15. The molecular formula is C19H28N4O3. The summed E-state index contributed by atoms with van der Waals surface area (Å²) in [4.78, 5) is 4.90. The molecule has 1 aliphatic heterocycles. The van der Waals surface area contributed by atoms with E-state index in [1.807, 2.05) is 24.3 Å². The predicted octanol–water partition coefficient (Wildman–Crippen LogP) is 2.29. The molecule has 7 nitrogen and oxygen atoms in total. The third-order valence-corrected chi connectivity index (χ3v) is 4.91. The second-order valence-corrected chi connectivity index (χ2v) is 6.56. The van der Waals surface area contributed by atoms with Crippen molar-refractivity contribution in [1.82, 2.24) is 20.0 Å². The van der Waals surface area contributed by atoms with E-state index in [2.05, 4.69) is 26.9 Å². The number of benzene rings is 1. The molecule has 0 amide bonds. The Bertz CT molecular complexity index is 674. The van der Waals surface area contributed by atoms with Gasteiger partial charge in [0.25, 0.3) is 0 Å². The monoisotopic (exact) mass is 360 g/mol. The molecular weight excluding hydrogens is 332 g/mol. The maximum atomic E-state index is 5.87. The summed E-state index contributed by atoms with van der Waals surface area (Å²) in [5, 5.41) is 8.42. The number of piperazine rings is 1. The fourth-order valence-corrected chi connectivity index (χ4v) is 3.35. The second-order valence-electron chi connectivity index (χ2n) is 6.56. The lowest BCUT2D eigenvalue weighted by Gasteiger charge is -2.40. The van der Waals surface area contributed by atoms with Gasteiger partial charge in [-0.1, -0.05) is 6.92 Å². The molecule has 0 N–H and O–H groups in total. The minimum absolute atomic E-state index is 0.544. The molecule has 1 atom stereocenters. The van der Waals surface area contributed by atoms with Gasteiger partial charge in [0.1, 0.15) is 5.75 Å². The molecule has 1 saturated heterocycles. The number of aromatic nitrogens is 2. The Kier molecular flexibility index (Phi) is 6.60. The van der Waals surface area contributed by atoms with Crippen molar-refractivity contribution in [1.29, 1.82) is 0 Å². The number of nitrogens with zero attached hydrogens (tertiary/aromatic N) is 4. The Morgan fingerprint density at radius 1 is 1.15 bits per heavy atom. The van der Waals surface area contributed by atoms with Crippen molar-refractivity contribution in [2.24, 2.45) is 0 Å². The van der Waals surface area contributed by atoms with E-state index in [4.69, 9.17) is 13.9 Å². The molecule has 1 unspecified atom stereocenters. The van der Waals surface area contributed by atoms with E-state index in [1.165, 1.54) is 0 Å². The van der Waals surface area contributed by atoms with Crippen molar-refractivity contribution in [2.45, 2.75) is 25.9 Å². The maximum Gasteiger partial charge on any atom is 0.247 e. The lowest BCUT2D eigenvalue weighted by Crippen LogP contribution is -2.53. The fraction of sp³-hybridized carbons (Fsp3) is 0.579. The summed E-state index contributed by atoms with van der Waals surface area (Å²) in [6.45, 7) is 7.76. The molecule has 1 aliphatic rings. The molecule has 1 aromatic heterocycles. The van der Waals surface area contributed by atoms with Gasteiger partial charge in [-0.15, -0.1) is 10.2 Å². The minimum Gasteiger partial charge on any atom is -0.497 e. The predicted molar refractivity (Wildman–Crippen MR) is 99.1 cm³/mol. The SMILES string of the molecule is CCC1CN(Cc2nnc(-c3ccc(OC)cc3)o2)CCN1CCOC. The first-order valence-corrected chi connectivity index (χ1v) is 9.15. The minimum atomic E-state index is 0.544. The highest BCUT2D eigenvalue weighted by Gasteiger charge is 2.26. The zero-order valence-corrected chi connectivity index (χ0v) is 15.9. The van der Waals surface area contributed by atoms with Gasteiger partial charge < -0.3 is 13.9 Å². The van der Waals surface area contributed by atoms with E-state index >= 15 is 0 Å². The highest BCUT2D eigenvalue weighted by atomic mass is 16.5. The van der Waals surface area contributed by atoms with Crippen molar-refractivity contribution in [3.8, 4) is 17.2 Å². The molecule has 0 aliphatic carbocycles. The van der Waals surface area contributed by atoms with Gasteiger partial charge in [-0.25, -0.2) is 0 Å². The molecule has 0 spiro atoms. The molecule has 26 heavy (non-hydrogen) atoms. The van der Waals surface area contributed by atoms with Crippen LogP contribution >= 0.6 is 0 Å². The van der Waals surface area contributed by atoms with E-state index in [-0.39, 0.29) is 0 Å². The lowest BCUT2D eigenvalue weighted by atomic mass is 10.1. The number of methoxy groups -OCH3 is 2. The summed E-state index contributed by atoms with van der Waals surface area (Å²) in [6, 6.07) is 8.19. The summed E-state index contributed by atoms with van der Waals surface area (Å²) in [5.74, 6) is 2.02. The Morgan fingerprint density at radius 3 is 2.65 bits per heavy atom. The molecule has 142 valence electrons. The van der Waals surface area contributed by atoms with Crippen LogP contribution in [-0.4, -0.2) is 73.0 Å². The van der Waals surface area contributed by atoms with Gasteiger partial charge in [0.15, 0.2) is 0 Å². The zero-order chi connectivity index (χ0) is 18.4. The molecule has 0 saturated carbocycles. The second kappa shape index (κ2) is 9.12. The summed E-state index contributed by atoms with van der Waals surface area (Å²) >= 11 is 0. The van der Waals surface area contributed by atoms with E-state index in [0.29, 0.717) is 24.4 Å². The van der Waals surface area contributed by atoms with Crippen molar-refractivity contribution < 1.29 is 13.9 Å². The van der Waals surface area contributed by atoms with E-state index in [9.17, 15) is 0 Å². The number of hydrogen-bond donors (Lipinski definition) is 0. The lowest BCUT2D eigenvalue weighted by molar-refractivity contribution is 0.0432. The van der Waals surface area contributed by atoms with Crippen LogP contribution < -0.4 is 4.74 Å². The smallest absolute Gasteiger partial charge is 0.247 e. The van der Waals surface area contributed by atoms with Crippen molar-refractivity contribution in [3.63, 3.8) is 0 Å². The molecule has 2 heterocycles. The van der Waals surface area contributed by atoms with Gasteiger partial charge in [0, 0.05) is 44.9 Å². The molecule has 3 rings (SSSR count). The number of hydrogen-bond acceptors (Lipinski definition) is 7. The highest BCUT2D eigenvalue weighted by Crippen LogP contribution is 2.22. The Labute approximate surface area is 154 Å². The third kappa shape index (κ3) is 4.60. The zero-order valence-electron chi connectivity index (χ0n) is 15.9. The van der Waals surface area contributed by atoms with Crippen molar-refractivity contribution >= 4 is 0 Å². The average Bonchev–Trinajstić information content (AvgIpc) is 3.15. The Morgan fingerprint density at radius 2 is 1.96 bits per heavy atom. The first kappa shape index (κ1) is 18.8. The number of ether oxygens (including phenoxy) is 2. The van der Waals surface area contributed by atoms with Crippen molar-refractivity contribution in [3.05, 3.63) is 30.2 Å². The van der Waals surface area contributed by atoms with Gasteiger partial charge in [-0.2, -0.15) is 0 Å². The van der Waals surface area contributed by atoms with Crippen LogP contribution in [0, 0.1) is 0 Å². The van der Waals surface area contributed by atoms with Crippen LogP contribution in [0.4, 0.5) is 0 Å². The molecule has 0 radical (unpaired) electrons. The normalized spacial score (nSPS) is 19.0. The summed E-state index contributed by atoms with van der Waals surface area (Å²) < 4.78 is 16.3. The van der Waals surface area contributed by atoms with Crippen LogP contribution in [0.15, 0.2) is 28.7 Å². The standard InChI is InChI=1S/C19H28N4O3/c1-4-16-13-22(9-10-23(16)11-12-24-2)14-18-20-21-19(26-18)15-5-7-17(25-3)8-6-15/h5-8,16H,4,9-14H2,1-3H3. The van der Waals surface area contributed by atoms with Crippen LogP contribution in [-0.2, 0) is 11.3 Å². The number of rotatable bonds is 8. The van der Waals surface area contributed by atoms with Crippen LogP contribution in [0.1, 0.15) is 19.2 Å². The fourth-order valence-electron chi connectivity index (χ4n) is 3.35. The van der Waals surface area contributed by atoms with Gasteiger partial charge >= 0.3 is 0 Å². The summed E-state index contributed by atoms with van der Waals surface area (Å²) in [5.41, 5.74) is 0.903. The molecule has 0 bridgehead atoms. The van der Waals surface area contributed by atoms with Crippen molar-refractivity contribution in [2.75, 3.05) is 47.0 Å². The van der Waals surface area contributed by atoms with E-state index in [0.717, 1.165) is 50.5 Å². The van der Waals surface area contributed by atoms with Crippen LogP contribution in [0.5, 0.6) is 5.75 Å². The molecule has 2 aromatic rings. The summed E-state index contributed by atoms with van der Waals surface area (Å²) in [7, 11) is 3.41. The van der Waals surface area contributed by atoms with Crippen LogP contribution in [0.25, 0.3) is 11.5 Å². The van der Waals surface area contributed by atoms with E-state index < -0.39 is 0 Å². The molecule has 7 heteroatoms. The van der Waals surface area contributed by atoms with Gasteiger partial charge in [0.2, 0.25) is 11.8 Å². The van der Waals surface area contributed by atoms with Gasteiger partial charge in [-0.3, -0.25) is 9.80 Å². The average molecular weight is 360 g/mol. The van der Waals surface area contributed by atoms with Gasteiger partial charge in [-0.05, 0) is 30.7 Å². The van der Waals surface area contributed by atoms with Crippen LogP contribution in [0.3, 0.4) is 0 Å². The third-order valence-electron chi connectivity index (χ3n) is 4.91. The van der Waals surface area contributed by atoms with Gasteiger partial charge in [0.05, 0.1) is 20.3 Å². The topological polar surface area (TPSA) is 63.9 Å². The Hall–Kier alpha value is -1.96.